The number of tetrazole rings is 1. The van der Waals surface area contributed by atoms with Crippen LogP contribution in [0.15, 0.2) is 0 Å². The van der Waals surface area contributed by atoms with E-state index < -0.39 is 0 Å². The summed E-state index contributed by atoms with van der Waals surface area (Å²) < 4.78 is 1.44. The van der Waals surface area contributed by atoms with Crippen molar-refractivity contribution in [1.82, 2.24) is 20.2 Å². The Labute approximate surface area is 85.3 Å². The maximum Gasteiger partial charge on any atom is 0.00623 e. The van der Waals surface area contributed by atoms with Crippen molar-refractivity contribution in [1.29, 1.82) is 0 Å². The summed E-state index contributed by atoms with van der Waals surface area (Å²) in [4.78, 5) is 0. The molecule has 5 heteroatoms. The SMILES string of the molecule is [CH2-]n1nnnc1C(C)C.[Y]. The molecule has 0 saturated carbocycles. The van der Waals surface area contributed by atoms with Gasteiger partial charge in [0.15, 0.2) is 0 Å². The van der Waals surface area contributed by atoms with Crippen LogP contribution in [0.2, 0.25) is 0 Å². The Hall–Kier alpha value is 0.0439. The molecule has 10 heavy (non-hydrogen) atoms. The monoisotopic (exact) mass is 214 g/mol. The van der Waals surface area contributed by atoms with Crippen molar-refractivity contribution in [3.63, 3.8) is 0 Å². The molecule has 53 valence electrons. The zero-order chi connectivity index (χ0) is 6.85. The molecule has 1 heterocycles. The van der Waals surface area contributed by atoms with Crippen LogP contribution in [0, 0.1) is 7.05 Å². The van der Waals surface area contributed by atoms with Gasteiger partial charge in [-0.2, -0.15) is 7.05 Å². The normalized spacial score (nSPS) is 9.50. The first-order valence-electron chi connectivity index (χ1n) is 2.81. The van der Waals surface area contributed by atoms with Crippen molar-refractivity contribution < 1.29 is 32.7 Å². The summed E-state index contributed by atoms with van der Waals surface area (Å²) in [6.07, 6.45) is 0. The molecule has 0 aliphatic rings. The molecule has 0 saturated heterocycles. The van der Waals surface area contributed by atoms with Crippen molar-refractivity contribution in [2.24, 2.45) is 0 Å². The summed E-state index contributed by atoms with van der Waals surface area (Å²) in [7, 11) is 3.58. The minimum Gasteiger partial charge on any atom is -0.367 e. The molecule has 0 amide bonds. The summed E-state index contributed by atoms with van der Waals surface area (Å²) >= 11 is 0. The van der Waals surface area contributed by atoms with Crippen LogP contribution in [0.25, 0.3) is 0 Å². The molecule has 0 atom stereocenters. The molecule has 0 fully saturated rings. The summed E-state index contributed by atoms with van der Waals surface area (Å²) in [6, 6.07) is 0. The summed E-state index contributed by atoms with van der Waals surface area (Å²) in [5.74, 6) is 1.16. The van der Waals surface area contributed by atoms with E-state index in [2.05, 4.69) is 22.6 Å². The Balaban J connectivity index is 0.000000810. The minimum atomic E-state index is 0. The van der Waals surface area contributed by atoms with Crippen LogP contribution >= 0.6 is 0 Å². The van der Waals surface area contributed by atoms with Crippen LogP contribution in [0.4, 0.5) is 0 Å². The van der Waals surface area contributed by atoms with Gasteiger partial charge >= 0.3 is 0 Å². The Kier molecular flexibility index (Phi) is 4.05. The van der Waals surface area contributed by atoms with E-state index in [0.29, 0.717) is 5.92 Å². The average Bonchev–Trinajstić information content (AvgIpc) is 2.13. The van der Waals surface area contributed by atoms with Gasteiger partial charge in [0.2, 0.25) is 0 Å². The zero-order valence-electron chi connectivity index (χ0n) is 6.15. The fourth-order valence-electron chi connectivity index (χ4n) is 0.625. The van der Waals surface area contributed by atoms with Gasteiger partial charge in [0.05, 0.1) is 0 Å². The minimum absolute atomic E-state index is 0. The molecule has 1 aromatic rings. The predicted octanol–water partition coefficient (Wildman–Crippen LogP) is 0.434. The van der Waals surface area contributed by atoms with Crippen LogP contribution in [0.3, 0.4) is 0 Å². The van der Waals surface area contributed by atoms with Crippen LogP contribution in [0.1, 0.15) is 25.6 Å². The first-order valence-corrected chi connectivity index (χ1v) is 2.81. The second kappa shape index (κ2) is 4.03. The predicted molar refractivity (Wildman–Crippen MR) is 32.7 cm³/mol. The Morgan fingerprint density at radius 2 is 2.10 bits per heavy atom. The number of hydrogen-bond donors (Lipinski definition) is 0. The van der Waals surface area contributed by atoms with E-state index in [1.807, 2.05) is 13.8 Å². The molecule has 0 aromatic carbocycles. The van der Waals surface area contributed by atoms with Crippen LogP contribution in [0.5, 0.6) is 0 Å². The van der Waals surface area contributed by atoms with Gasteiger partial charge in [0.1, 0.15) is 0 Å². The number of nitrogens with zero attached hydrogens (tertiary/aromatic N) is 4. The van der Waals surface area contributed by atoms with Gasteiger partial charge < -0.3 is 4.68 Å². The second-order valence-corrected chi connectivity index (χ2v) is 2.19. The molecule has 0 N–H and O–H groups in total. The molecular weight excluding hydrogens is 205 g/mol. The van der Waals surface area contributed by atoms with Crippen molar-refractivity contribution in [3.05, 3.63) is 12.9 Å². The quantitative estimate of drug-likeness (QED) is 0.637. The van der Waals surface area contributed by atoms with Crippen molar-refractivity contribution in [2.75, 3.05) is 0 Å². The van der Waals surface area contributed by atoms with Crippen LogP contribution in [-0.4, -0.2) is 20.2 Å². The van der Waals surface area contributed by atoms with Crippen LogP contribution in [-0.2, 0) is 32.7 Å². The maximum atomic E-state index is 3.75. The first-order chi connectivity index (χ1) is 4.22. The Bertz CT molecular complexity index is 195. The van der Waals surface area contributed by atoms with Gasteiger partial charge in [-0.25, -0.2) is 5.10 Å². The van der Waals surface area contributed by atoms with E-state index in [-0.39, 0.29) is 32.7 Å². The van der Waals surface area contributed by atoms with Gasteiger partial charge in [0.25, 0.3) is 0 Å². The average molecular weight is 214 g/mol. The van der Waals surface area contributed by atoms with E-state index in [4.69, 9.17) is 0 Å². The smallest absolute Gasteiger partial charge is 0.00623 e. The van der Waals surface area contributed by atoms with E-state index in [0.717, 1.165) is 5.82 Å². The Morgan fingerprint density at radius 3 is 2.30 bits per heavy atom. The maximum absolute atomic E-state index is 3.75. The number of hydrogen-bond acceptors (Lipinski definition) is 3. The zero-order valence-corrected chi connectivity index (χ0v) is 8.99. The van der Waals surface area contributed by atoms with E-state index >= 15 is 0 Å². The molecule has 0 unspecified atom stereocenters. The first kappa shape index (κ1) is 10.0. The van der Waals surface area contributed by atoms with Gasteiger partial charge in [-0.15, -0.1) is 0 Å². The topological polar surface area (TPSA) is 43.6 Å². The van der Waals surface area contributed by atoms with Crippen molar-refractivity contribution in [2.45, 2.75) is 19.8 Å². The largest absolute Gasteiger partial charge is 0.367 e. The van der Waals surface area contributed by atoms with Crippen molar-refractivity contribution >= 4 is 0 Å². The van der Waals surface area contributed by atoms with E-state index in [1.165, 1.54) is 4.68 Å². The third-order valence-corrected chi connectivity index (χ3v) is 1.08. The van der Waals surface area contributed by atoms with Gasteiger partial charge in [-0.05, 0) is 5.21 Å². The molecular formula is C5H9N4Y-. The molecule has 0 bridgehead atoms. The molecule has 0 spiro atoms. The fourth-order valence-corrected chi connectivity index (χ4v) is 0.625. The molecule has 4 nitrogen and oxygen atoms in total. The molecule has 0 aliphatic carbocycles. The fraction of sp³-hybridized carbons (Fsp3) is 0.600. The molecule has 1 radical (unpaired) electrons. The number of rotatable bonds is 1. The summed E-state index contributed by atoms with van der Waals surface area (Å²) in [5, 5.41) is 10.8. The molecule has 1 rings (SSSR count). The Morgan fingerprint density at radius 1 is 1.50 bits per heavy atom. The number of aromatic nitrogens is 4. The summed E-state index contributed by atoms with van der Waals surface area (Å²) in [5.41, 5.74) is 0. The van der Waals surface area contributed by atoms with Gasteiger partial charge in [-0.3, -0.25) is 0 Å². The van der Waals surface area contributed by atoms with Crippen molar-refractivity contribution in [3.8, 4) is 0 Å². The molecule has 1 aromatic heterocycles. The second-order valence-electron chi connectivity index (χ2n) is 2.19. The van der Waals surface area contributed by atoms with E-state index in [1.54, 1.807) is 0 Å². The van der Waals surface area contributed by atoms with E-state index in [9.17, 15) is 0 Å². The summed E-state index contributed by atoms with van der Waals surface area (Å²) in [6.45, 7) is 4.04. The van der Waals surface area contributed by atoms with Gasteiger partial charge in [-0.1, -0.05) is 25.0 Å². The van der Waals surface area contributed by atoms with Gasteiger partial charge in [0, 0.05) is 38.5 Å². The standard InChI is InChI=1S/C5H9N4.Y/c1-4(2)5-6-7-8-9(5)3;/h4H,3H2,1-2H3;/q-1;. The third-order valence-electron chi connectivity index (χ3n) is 1.08. The van der Waals surface area contributed by atoms with Crippen LogP contribution < -0.4 is 0 Å². The third kappa shape index (κ3) is 2.02. The molecule has 0 aliphatic heterocycles.